The Morgan fingerprint density at radius 1 is 0.833 bits per heavy atom. The molecule has 0 saturated heterocycles. The molecule has 0 spiro atoms. The third kappa shape index (κ3) is 4.57. The molecule has 3 unspecified atom stereocenters. The summed E-state index contributed by atoms with van der Waals surface area (Å²) in [5, 5.41) is 10.2. The Hall–Kier alpha value is -0.0400. The van der Waals surface area contributed by atoms with E-state index in [4.69, 9.17) is 0 Å². The lowest BCUT2D eigenvalue weighted by atomic mass is 9.93. The van der Waals surface area contributed by atoms with E-state index in [9.17, 15) is 5.11 Å². The van der Waals surface area contributed by atoms with Gasteiger partial charge in [0.1, 0.15) is 0 Å². The standard InChI is InChI=1S/C17H32O/c1-2-3-4-5-6-7-8-9-10-17(18)16-12-14-11-15(14)13-16/h14-18H,2-13H2,1H3. The maximum Gasteiger partial charge on any atom is 0.0568 e. The zero-order chi connectivity index (χ0) is 12.8. The van der Waals surface area contributed by atoms with E-state index in [0.717, 1.165) is 18.3 Å². The summed E-state index contributed by atoms with van der Waals surface area (Å²) in [6, 6.07) is 0. The number of aliphatic hydroxyl groups excluding tert-OH is 1. The molecule has 1 N–H and O–H groups in total. The quantitative estimate of drug-likeness (QED) is 0.547. The fourth-order valence-corrected chi connectivity index (χ4v) is 3.80. The van der Waals surface area contributed by atoms with Crippen molar-refractivity contribution in [3.63, 3.8) is 0 Å². The minimum Gasteiger partial charge on any atom is -0.393 e. The molecular formula is C17H32O. The summed E-state index contributed by atoms with van der Waals surface area (Å²) >= 11 is 0. The van der Waals surface area contributed by atoms with Crippen molar-refractivity contribution in [1.82, 2.24) is 0 Å². The Labute approximate surface area is 113 Å². The highest BCUT2D eigenvalue weighted by molar-refractivity contribution is 4.97. The molecular weight excluding hydrogens is 220 g/mol. The number of rotatable bonds is 10. The van der Waals surface area contributed by atoms with Crippen molar-refractivity contribution in [2.75, 3.05) is 0 Å². The molecule has 0 radical (unpaired) electrons. The van der Waals surface area contributed by atoms with Gasteiger partial charge in [0, 0.05) is 0 Å². The smallest absolute Gasteiger partial charge is 0.0568 e. The second-order valence-corrected chi connectivity index (χ2v) is 6.82. The van der Waals surface area contributed by atoms with Crippen LogP contribution in [0.5, 0.6) is 0 Å². The number of hydrogen-bond donors (Lipinski definition) is 1. The van der Waals surface area contributed by atoms with Gasteiger partial charge in [0.25, 0.3) is 0 Å². The van der Waals surface area contributed by atoms with Gasteiger partial charge in [0.2, 0.25) is 0 Å². The fourth-order valence-electron chi connectivity index (χ4n) is 3.80. The molecule has 2 rings (SSSR count). The van der Waals surface area contributed by atoms with Crippen LogP contribution >= 0.6 is 0 Å². The van der Waals surface area contributed by atoms with Crippen LogP contribution in [0.4, 0.5) is 0 Å². The van der Waals surface area contributed by atoms with Crippen molar-refractivity contribution >= 4 is 0 Å². The zero-order valence-corrected chi connectivity index (χ0v) is 12.2. The molecule has 2 aliphatic rings. The predicted octanol–water partition coefficient (Wildman–Crippen LogP) is 4.92. The van der Waals surface area contributed by atoms with Gasteiger partial charge in [-0.15, -0.1) is 0 Å². The van der Waals surface area contributed by atoms with Crippen LogP contribution in [-0.2, 0) is 0 Å². The van der Waals surface area contributed by atoms with Crippen molar-refractivity contribution in [3.8, 4) is 0 Å². The molecule has 106 valence electrons. The van der Waals surface area contributed by atoms with Crippen molar-refractivity contribution in [2.24, 2.45) is 17.8 Å². The van der Waals surface area contributed by atoms with Crippen LogP contribution < -0.4 is 0 Å². The minimum absolute atomic E-state index is 0.0258. The molecule has 0 aliphatic heterocycles. The SMILES string of the molecule is CCCCCCCCCCC(O)C1CC2CC2C1. The molecule has 0 aromatic rings. The van der Waals surface area contributed by atoms with E-state index in [1.54, 1.807) is 0 Å². The lowest BCUT2D eigenvalue weighted by Crippen LogP contribution is -2.18. The molecule has 0 aromatic heterocycles. The summed E-state index contributed by atoms with van der Waals surface area (Å²) in [5.41, 5.74) is 0. The van der Waals surface area contributed by atoms with E-state index < -0.39 is 0 Å². The van der Waals surface area contributed by atoms with Gasteiger partial charge in [0.05, 0.1) is 6.10 Å². The molecule has 0 aromatic carbocycles. The number of fused-ring (bicyclic) bond motifs is 1. The number of aliphatic hydroxyl groups is 1. The van der Waals surface area contributed by atoms with E-state index in [0.29, 0.717) is 5.92 Å². The van der Waals surface area contributed by atoms with Crippen LogP contribution in [0.25, 0.3) is 0 Å². The number of hydrogen-bond acceptors (Lipinski definition) is 1. The molecule has 0 bridgehead atoms. The third-order valence-corrected chi connectivity index (χ3v) is 5.18. The van der Waals surface area contributed by atoms with Crippen LogP contribution in [0.3, 0.4) is 0 Å². The normalized spacial score (nSPS) is 31.3. The van der Waals surface area contributed by atoms with Crippen LogP contribution in [0.1, 0.15) is 84.0 Å². The van der Waals surface area contributed by atoms with Gasteiger partial charge in [-0.05, 0) is 43.4 Å². The molecule has 18 heavy (non-hydrogen) atoms. The van der Waals surface area contributed by atoms with Gasteiger partial charge in [0.15, 0.2) is 0 Å². The van der Waals surface area contributed by atoms with Gasteiger partial charge >= 0.3 is 0 Å². The van der Waals surface area contributed by atoms with Gasteiger partial charge in [-0.1, -0.05) is 58.3 Å². The average Bonchev–Trinajstić information content (AvgIpc) is 2.99. The van der Waals surface area contributed by atoms with Crippen LogP contribution in [0.15, 0.2) is 0 Å². The summed E-state index contributed by atoms with van der Waals surface area (Å²) in [4.78, 5) is 0. The zero-order valence-electron chi connectivity index (χ0n) is 12.2. The first-order valence-electron chi connectivity index (χ1n) is 8.49. The molecule has 2 fully saturated rings. The van der Waals surface area contributed by atoms with Crippen LogP contribution in [0, 0.1) is 17.8 Å². The second-order valence-electron chi connectivity index (χ2n) is 6.82. The van der Waals surface area contributed by atoms with E-state index in [1.807, 2.05) is 0 Å². The lowest BCUT2D eigenvalue weighted by molar-refractivity contribution is 0.0924. The van der Waals surface area contributed by atoms with Crippen molar-refractivity contribution in [1.29, 1.82) is 0 Å². The van der Waals surface area contributed by atoms with Crippen molar-refractivity contribution in [3.05, 3.63) is 0 Å². The predicted molar refractivity (Wildman–Crippen MR) is 77.6 cm³/mol. The first-order valence-corrected chi connectivity index (χ1v) is 8.49. The Morgan fingerprint density at radius 2 is 1.39 bits per heavy atom. The Balaban J connectivity index is 1.38. The van der Waals surface area contributed by atoms with Crippen LogP contribution in [0.2, 0.25) is 0 Å². The monoisotopic (exact) mass is 252 g/mol. The highest BCUT2D eigenvalue weighted by atomic mass is 16.3. The maximum atomic E-state index is 10.2. The molecule has 0 amide bonds. The highest BCUT2D eigenvalue weighted by Crippen LogP contribution is 2.55. The summed E-state index contributed by atoms with van der Waals surface area (Å²) < 4.78 is 0. The van der Waals surface area contributed by atoms with Gasteiger partial charge in [-0.3, -0.25) is 0 Å². The van der Waals surface area contributed by atoms with Gasteiger partial charge < -0.3 is 5.11 Å². The third-order valence-electron chi connectivity index (χ3n) is 5.18. The van der Waals surface area contributed by atoms with Crippen molar-refractivity contribution < 1.29 is 5.11 Å². The van der Waals surface area contributed by atoms with E-state index >= 15 is 0 Å². The molecule has 2 aliphatic carbocycles. The van der Waals surface area contributed by atoms with E-state index in [2.05, 4.69) is 6.92 Å². The van der Waals surface area contributed by atoms with Gasteiger partial charge in [-0.2, -0.15) is 0 Å². The van der Waals surface area contributed by atoms with E-state index in [1.165, 1.54) is 70.6 Å². The van der Waals surface area contributed by atoms with Gasteiger partial charge in [-0.25, -0.2) is 0 Å². The Bertz CT molecular complexity index is 216. The number of unbranched alkanes of at least 4 members (excludes halogenated alkanes) is 7. The van der Waals surface area contributed by atoms with Crippen molar-refractivity contribution in [2.45, 2.75) is 90.1 Å². The topological polar surface area (TPSA) is 20.2 Å². The first kappa shape index (κ1) is 14.4. The lowest BCUT2D eigenvalue weighted by Gasteiger charge is -2.19. The largest absolute Gasteiger partial charge is 0.393 e. The molecule has 1 nitrogen and oxygen atoms in total. The highest BCUT2D eigenvalue weighted by Gasteiger charge is 2.47. The molecule has 3 atom stereocenters. The second kappa shape index (κ2) is 7.53. The minimum atomic E-state index is 0.0258. The molecule has 1 heteroatoms. The Kier molecular flexibility index (Phi) is 6.01. The summed E-state index contributed by atoms with van der Waals surface area (Å²) in [5.74, 6) is 2.70. The molecule has 2 saturated carbocycles. The summed E-state index contributed by atoms with van der Waals surface area (Å²) in [7, 11) is 0. The maximum absolute atomic E-state index is 10.2. The first-order chi connectivity index (χ1) is 8.81. The summed E-state index contributed by atoms with van der Waals surface area (Å²) in [6.45, 7) is 2.27. The fraction of sp³-hybridized carbons (Fsp3) is 1.00. The van der Waals surface area contributed by atoms with Crippen LogP contribution in [-0.4, -0.2) is 11.2 Å². The molecule has 0 heterocycles. The van der Waals surface area contributed by atoms with E-state index in [-0.39, 0.29) is 6.10 Å². The Morgan fingerprint density at radius 3 is 2.00 bits per heavy atom. The average molecular weight is 252 g/mol. The summed E-state index contributed by atoms with van der Waals surface area (Å²) in [6.07, 6.45) is 16.2.